The van der Waals surface area contributed by atoms with E-state index in [4.69, 9.17) is 5.73 Å². The zero-order valence-electron chi connectivity index (χ0n) is 6.26. The molecule has 0 unspecified atom stereocenters. The van der Waals surface area contributed by atoms with Gasteiger partial charge in [0.15, 0.2) is 0 Å². The predicted octanol–water partition coefficient (Wildman–Crippen LogP) is -0.278. The molecule has 1 aromatic heterocycles. The lowest BCUT2D eigenvalue weighted by Crippen LogP contribution is -2.08. The van der Waals surface area contributed by atoms with Gasteiger partial charge in [-0.05, 0) is 7.05 Å². The van der Waals surface area contributed by atoms with E-state index in [1.165, 1.54) is 0 Å². The zero-order chi connectivity index (χ0) is 7.56. The highest BCUT2D eigenvalue weighted by molar-refractivity contribution is 5.35. The fourth-order valence-electron chi connectivity index (χ4n) is 0.792. The van der Waals surface area contributed by atoms with Crippen LogP contribution in [0.3, 0.4) is 0 Å². The first-order valence-corrected chi connectivity index (χ1v) is 3.16. The van der Waals surface area contributed by atoms with E-state index in [2.05, 4.69) is 10.3 Å². The summed E-state index contributed by atoms with van der Waals surface area (Å²) in [6, 6.07) is 0. The number of rotatable bonds is 2. The maximum absolute atomic E-state index is 5.65. The Kier molecular flexibility index (Phi) is 1.91. The highest BCUT2D eigenvalue weighted by Crippen LogP contribution is 2.06. The summed E-state index contributed by atoms with van der Waals surface area (Å²) >= 11 is 0. The van der Waals surface area contributed by atoms with Crippen LogP contribution in [0.5, 0.6) is 0 Å². The Bertz CT molecular complexity index is 216. The van der Waals surface area contributed by atoms with Crippen molar-refractivity contribution in [2.24, 2.45) is 7.05 Å². The number of aromatic nitrogens is 2. The summed E-state index contributed by atoms with van der Waals surface area (Å²) in [5.74, 6) is 0.731. The maximum atomic E-state index is 5.65. The molecule has 0 aliphatic carbocycles. The van der Waals surface area contributed by atoms with Crippen molar-refractivity contribution in [1.29, 1.82) is 0 Å². The summed E-state index contributed by atoms with van der Waals surface area (Å²) in [5, 5.41) is 2.98. The number of nitrogen functional groups attached to an aromatic ring is 1. The minimum Gasteiger partial charge on any atom is -0.384 e. The second-order valence-corrected chi connectivity index (χ2v) is 2.22. The topological polar surface area (TPSA) is 55.9 Å². The van der Waals surface area contributed by atoms with Gasteiger partial charge in [0.1, 0.15) is 5.82 Å². The third-order valence-electron chi connectivity index (χ3n) is 1.41. The average molecular weight is 140 g/mol. The van der Waals surface area contributed by atoms with Crippen LogP contribution in [-0.4, -0.2) is 16.6 Å². The van der Waals surface area contributed by atoms with Crippen molar-refractivity contribution in [2.45, 2.75) is 6.54 Å². The van der Waals surface area contributed by atoms with Crippen LogP contribution in [0.2, 0.25) is 0 Å². The summed E-state index contributed by atoms with van der Waals surface area (Å²) in [4.78, 5) is 4.08. The minimum atomic E-state index is 0.729. The number of nitrogens with zero attached hydrogens (tertiary/aromatic N) is 2. The second kappa shape index (κ2) is 2.70. The largest absolute Gasteiger partial charge is 0.384 e. The smallest absolute Gasteiger partial charge is 0.127 e. The Morgan fingerprint density at radius 1 is 1.80 bits per heavy atom. The first kappa shape index (κ1) is 7.08. The number of hydrogen-bond donors (Lipinski definition) is 2. The van der Waals surface area contributed by atoms with Gasteiger partial charge >= 0.3 is 0 Å². The number of aryl methyl sites for hydroxylation is 1. The van der Waals surface area contributed by atoms with E-state index in [1.54, 1.807) is 10.9 Å². The lowest BCUT2D eigenvalue weighted by atomic mass is 10.4. The molecule has 1 aromatic rings. The van der Waals surface area contributed by atoms with E-state index in [0.717, 1.165) is 18.1 Å². The number of nitrogens with two attached hydrogens (primary N) is 1. The van der Waals surface area contributed by atoms with Crippen LogP contribution in [0.15, 0.2) is 6.33 Å². The van der Waals surface area contributed by atoms with Crippen molar-refractivity contribution in [1.82, 2.24) is 14.9 Å². The molecule has 0 saturated heterocycles. The summed E-state index contributed by atoms with van der Waals surface area (Å²) < 4.78 is 1.80. The number of hydrogen-bond acceptors (Lipinski definition) is 3. The van der Waals surface area contributed by atoms with Crippen molar-refractivity contribution in [3.8, 4) is 0 Å². The molecule has 0 aliphatic heterocycles. The fourth-order valence-corrected chi connectivity index (χ4v) is 0.792. The van der Waals surface area contributed by atoms with Gasteiger partial charge in [0.05, 0.1) is 12.0 Å². The summed E-state index contributed by atoms with van der Waals surface area (Å²) in [7, 11) is 3.75. The van der Waals surface area contributed by atoms with Crippen LogP contribution in [0.4, 0.5) is 5.82 Å². The van der Waals surface area contributed by atoms with E-state index in [9.17, 15) is 0 Å². The average Bonchev–Trinajstić information content (AvgIpc) is 2.20. The summed E-state index contributed by atoms with van der Waals surface area (Å²) in [6.07, 6.45) is 1.71. The number of anilines is 1. The van der Waals surface area contributed by atoms with Gasteiger partial charge in [-0.15, -0.1) is 0 Å². The molecule has 4 nitrogen and oxygen atoms in total. The molecule has 10 heavy (non-hydrogen) atoms. The molecule has 0 aliphatic rings. The molecule has 1 rings (SSSR count). The highest BCUT2D eigenvalue weighted by Gasteiger charge is 2.01. The monoisotopic (exact) mass is 140 g/mol. The second-order valence-electron chi connectivity index (χ2n) is 2.22. The van der Waals surface area contributed by atoms with E-state index in [1.807, 2.05) is 14.1 Å². The van der Waals surface area contributed by atoms with Crippen molar-refractivity contribution in [2.75, 3.05) is 12.8 Å². The molecule has 0 aromatic carbocycles. The van der Waals surface area contributed by atoms with Gasteiger partial charge in [0.2, 0.25) is 0 Å². The maximum Gasteiger partial charge on any atom is 0.127 e. The zero-order valence-corrected chi connectivity index (χ0v) is 6.26. The van der Waals surface area contributed by atoms with Gasteiger partial charge in [0, 0.05) is 13.6 Å². The highest BCUT2D eigenvalue weighted by atomic mass is 15.1. The van der Waals surface area contributed by atoms with E-state index in [0.29, 0.717) is 0 Å². The third kappa shape index (κ3) is 1.11. The quantitative estimate of drug-likeness (QED) is 0.594. The molecular weight excluding hydrogens is 128 g/mol. The predicted molar refractivity (Wildman–Crippen MR) is 40.4 cm³/mol. The molecule has 3 N–H and O–H groups in total. The molecular formula is C6H12N4. The number of nitrogens with one attached hydrogen (secondary N) is 1. The Labute approximate surface area is 60.1 Å². The first-order valence-electron chi connectivity index (χ1n) is 3.16. The molecule has 0 fully saturated rings. The Morgan fingerprint density at radius 3 is 2.90 bits per heavy atom. The lowest BCUT2D eigenvalue weighted by molar-refractivity contribution is 0.798. The third-order valence-corrected chi connectivity index (χ3v) is 1.41. The van der Waals surface area contributed by atoms with Crippen LogP contribution >= 0.6 is 0 Å². The van der Waals surface area contributed by atoms with Crippen LogP contribution in [0.1, 0.15) is 5.69 Å². The SMILES string of the molecule is CNCc1ncn(C)c1N. The minimum absolute atomic E-state index is 0.729. The van der Waals surface area contributed by atoms with Gasteiger partial charge in [-0.3, -0.25) is 0 Å². The molecule has 0 radical (unpaired) electrons. The van der Waals surface area contributed by atoms with Crippen molar-refractivity contribution < 1.29 is 0 Å². The molecule has 0 atom stereocenters. The molecule has 1 heterocycles. The summed E-state index contributed by atoms with van der Waals surface area (Å²) in [6.45, 7) is 0.729. The Hall–Kier alpha value is -1.03. The normalized spacial score (nSPS) is 10.2. The Morgan fingerprint density at radius 2 is 2.50 bits per heavy atom. The van der Waals surface area contributed by atoms with Gasteiger partial charge < -0.3 is 15.6 Å². The lowest BCUT2D eigenvalue weighted by Gasteiger charge is -1.97. The first-order chi connectivity index (χ1) is 4.75. The van der Waals surface area contributed by atoms with Gasteiger partial charge in [-0.1, -0.05) is 0 Å². The van der Waals surface area contributed by atoms with Crippen LogP contribution in [-0.2, 0) is 13.6 Å². The Balaban J connectivity index is 2.83. The molecule has 0 saturated carbocycles. The van der Waals surface area contributed by atoms with Gasteiger partial charge in [0.25, 0.3) is 0 Å². The van der Waals surface area contributed by atoms with Crippen LogP contribution in [0, 0.1) is 0 Å². The van der Waals surface area contributed by atoms with Crippen molar-refractivity contribution >= 4 is 5.82 Å². The molecule has 4 heteroatoms. The molecule has 0 bridgehead atoms. The molecule has 56 valence electrons. The van der Waals surface area contributed by atoms with Crippen molar-refractivity contribution in [3.05, 3.63) is 12.0 Å². The van der Waals surface area contributed by atoms with Crippen LogP contribution in [0.25, 0.3) is 0 Å². The summed E-state index contributed by atoms with van der Waals surface area (Å²) in [5.41, 5.74) is 6.56. The molecule has 0 spiro atoms. The van der Waals surface area contributed by atoms with Crippen LogP contribution < -0.4 is 11.1 Å². The van der Waals surface area contributed by atoms with Gasteiger partial charge in [-0.2, -0.15) is 0 Å². The molecule has 0 amide bonds. The standard InChI is InChI=1S/C6H12N4/c1-8-3-5-6(7)10(2)4-9-5/h4,8H,3,7H2,1-2H3. The fraction of sp³-hybridized carbons (Fsp3) is 0.500. The van der Waals surface area contributed by atoms with E-state index >= 15 is 0 Å². The number of imidazole rings is 1. The van der Waals surface area contributed by atoms with E-state index in [-0.39, 0.29) is 0 Å². The van der Waals surface area contributed by atoms with Gasteiger partial charge in [-0.25, -0.2) is 4.98 Å². The van der Waals surface area contributed by atoms with E-state index < -0.39 is 0 Å². The van der Waals surface area contributed by atoms with Crippen molar-refractivity contribution in [3.63, 3.8) is 0 Å².